The highest BCUT2D eigenvalue weighted by Crippen LogP contribution is 1.86. The highest BCUT2D eigenvalue weighted by atomic mass is 32.2. The first-order valence-corrected chi connectivity index (χ1v) is 5.65. The molecule has 6 heteroatoms. The molecule has 0 fully saturated rings. The van der Waals surface area contributed by atoms with Crippen LogP contribution < -0.4 is 11.1 Å². The van der Waals surface area contributed by atoms with Crippen LogP contribution in [0.5, 0.6) is 0 Å². The maximum atomic E-state index is 10.7. The largest absolute Gasteiger partial charge is 0.370 e. The fraction of sp³-hybridized carbons (Fsp3) is 0.833. The molecule has 0 aliphatic heterocycles. The van der Waals surface area contributed by atoms with Crippen molar-refractivity contribution in [3.63, 3.8) is 0 Å². The van der Waals surface area contributed by atoms with Gasteiger partial charge in [-0.2, -0.15) is 0 Å². The third kappa shape index (κ3) is 7.33. The summed E-state index contributed by atoms with van der Waals surface area (Å²) in [5.41, 5.74) is 5.31. The fourth-order valence-corrected chi connectivity index (χ4v) is 1.30. The van der Waals surface area contributed by atoms with E-state index in [9.17, 15) is 8.42 Å². The Kier molecular flexibility index (Phi) is 4.65. The molecule has 0 bridgehead atoms. The van der Waals surface area contributed by atoms with E-state index in [0.717, 1.165) is 0 Å². The quantitative estimate of drug-likeness (QED) is 0.339. The van der Waals surface area contributed by atoms with E-state index in [1.54, 1.807) is 7.05 Å². The van der Waals surface area contributed by atoms with Crippen molar-refractivity contribution in [2.24, 2.45) is 10.7 Å². The van der Waals surface area contributed by atoms with Gasteiger partial charge in [0.2, 0.25) is 0 Å². The lowest BCUT2D eigenvalue weighted by Gasteiger charge is -2.02. The topological polar surface area (TPSA) is 84.5 Å². The number of hydrogen-bond donors (Lipinski definition) is 2. The average Bonchev–Trinajstić information content (AvgIpc) is 1.96. The Bertz CT molecular complexity index is 246. The summed E-state index contributed by atoms with van der Waals surface area (Å²) in [6.45, 7) is 0.538. The molecule has 3 N–H and O–H groups in total. The molecule has 0 aliphatic rings. The third-order valence-electron chi connectivity index (χ3n) is 1.24. The molecule has 0 spiro atoms. The van der Waals surface area contributed by atoms with Crippen molar-refractivity contribution in [3.05, 3.63) is 0 Å². The van der Waals surface area contributed by atoms with Crippen LogP contribution in [0.3, 0.4) is 0 Å². The Morgan fingerprint density at radius 3 is 2.58 bits per heavy atom. The molecule has 0 heterocycles. The van der Waals surface area contributed by atoms with E-state index in [-0.39, 0.29) is 5.75 Å². The van der Waals surface area contributed by atoms with Crippen molar-refractivity contribution < 1.29 is 8.42 Å². The number of nitrogens with two attached hydrogens (primary N) is 1. The van der Waals surface area contributed by atoms with Crippen LogP contribution in [0.25, 0.3) is 0 Å². The number of sulfone groups is 1. The first kappa shape index (κ1) is 11.2. The van der Waals surface area contributed by atoms with Gasteiger partial charge in [-0.25, -0.2) is 8.42 Å². The van der Waals surface area contributed by atoms with Crippen LogP contribution >= 0.6 is 0 Å². The van der Waals surface area contributed by atoms with Gasteiger partial charge in [0, 0.05) is 19.8 Å². The van der Waals surface area contributed by atoms with Gasteiger partial charge in [-0.1, -0.05) is 0 Å². The van der Waals surface area contributed by atoms with Crippen LogP contribution in [0, 0.1) is 0 Å². The van der Waals surface area contributed by atoms with E-state index < -0.39 is 9.84 Å². The lowest BCUT2D eigenvalue weighted by molar-refractivity contribution is 0.598. The zero-order valence-corrected chi connectivity index (χ0v) is 8.19. The second-order valence-electron chi connectivity index (χ2n) is 2.52. The van der Waals surface area contributed by atoms with Crippen LogP contribution in [-0.4, -0.2) is 40.0 Å². The Balaban J connectivity index is 3.47. The molecule has 0 amide bonds. The summed E-state index contributed by atoms with van der Waals surface area (Å²) < 4.78 is 21.3. The van der Waals surface area contributed by atoms with Gasteiger partial charge >= 0.3 is 0 Å². The highest BCUT2D eigenvalue weighted by molar-refractivity contribution is 7.90. The van der Waals surface area contributed by atoms with E-state index >= 15 is 0 Å². The Labute approximate surface area is 73.0 Å². The smallest absolute Gasteiger partial charge is 0.188 e. The third-order valence-corrected chi connectivity index (χ3v) is 2.27. The molecule has 0 rings (SSSR count). The van der Waals surface area contributed by atoms with Gasteiger partial charge in [-0.3, -0.25) is 4.99 Å². The number of hydrogen-bond acceptors (Lipinski definition) is 3. The van der Waals surface area contributed by atoms with E-state index in [1.807, 2.05) is 0 Å². The summed E-state index contributed by atoms with van der Waals surface area (Å²) in [7, 11) is -1.28. The average molecular weight is 193 g/mol. The monoisotopic (exact) mass is 193 g/mol. The van der Waals surface area contributed by atoms with Gasteiger partial charge in [0.05, 0.1) is 5.75 Å². The van der Waals surface area contributed by atoms with Crippen molar-refractivity contribution in [2.45, 2.75) is 6.42 Å². The molecule has 5 nitrogen and oxygen atoms in total. The standard InChI is InChI=1S/C6H15N3O2S/c1-8-6(7)9-4-3-5-12(2,10)11/h3-5H2,1-2H3,(H3,7,8,9). The Morgan fingerprint density at radius 2 is 2.17 bits per heavy atom. The van der Waals surface area contributed by atoms with E-state index in [1.165, 1.54) is 6.26 Å². The minimum atomic E-state index is -2.85. The Hall–Kier alpha value is -0.780. The number of nitrogens with one attached hydrogen (secondary N) is 1. The number of rotatable bonds is 4. The minimum Gasteiger partial charge on any atom is -0.370 e. The molecule has 72 valence electrons. The second kappa shape index (κ2) is 4.97. The molecule has 0 aliphatic carbocycles. The molecular weight excluding hydrogens is 178 g/mol. The number of nitrogens with zero attached hydrogens (tertiary/aromatic N) is 1. The predicted molar refractivity (Wildman–Crippen MR) is 49.9 cm³/mol. The minimum absolute atomic E-state index is 0.178. The van der Waals surface area contributed by atoms with E-state index in [0.29, 0.717) is 18.9 Å². The summed E-state index contributed by atoms with van der Waals surface area (Å²) in [6, 6.07) is 0. The normalized spacial score (nSPS) is 13.0. The van der Waals surface area contributed by atoms with Crippen molar-refractivity contribution in [3.8, 4) is 0 Å². The molecule has 0 atom stereocenters. The highest BCUT2D eigenvalue weighted by Gasteiger charge is 2.00. The summed E-state index contributed by atoms with van der Waals surface area (Å²) in [6.07, 6.45) is 1.76. The number of guanidine groups is 1. The van der Waals surface area contributed by atoms with E-state index in [2.05, 4.69) is 10.3 Å². The Morgan fingerprint density at radius 1 is 1.58 bits per heavy atom. The summed E-state index contributed by atoms with van der Waals surface area (Å²) in [5, 5.41) is 2.77. The lowest BCUT2D eigenvalue weighted by Crippen LogP contribution is -2.32. The maximum Gasteiger partial charge on any atom is 0.188 e. The molecule has 0 aromatic carbocycles. The van der Waals surface area contributed by atoms with Gasteiger partial charge in [-0.15, -0.1) is 0 Å². The van der Waals surface area contributed by atoms with Crippen LogP contribution in [0.15, 0.2) is 4.99 Å². The van der Waals surface area contributed by atoms with Gasteiger partial charge in [0.1, 0.15) is 9.84 Å². The van der Waals surface area contributed by atoms with Gasteiger partial charge in [0.25, 0.3) is 0 Å². The predicted octanol–water partition coefficient (Wildman–Crippen LogP) is -1.04. The first-order chi connectivity index (χ1) is 5.45. The molecular formula is C6H15N3O2S. The van der Waals surface area contributed by atoms with Crippen molar-refractivity contribution in [2.75, 3.05) is 25.6 Å². The molecule has 0 unspecified atom stereocenters. The molecule has 0 aromatic heterocycles. The van der Waals surface area contributed by atoms with E-state index in [4.69, 9.17) is 5.73 Å². The van der Waals surface area contributed by atoms with Crippen LogP contribution in [0.4, 0.5) is 0 Å². The van der Waals surface area contributed by atoms with Gasteiger partial charge in [-0.05, 0) is 6.42 Å². The van der Waals surface area contributed by atoms with Crippen LogP contribution in [0.2, 0.25) is 0 Å². The molecule has 12 heavy (non-hydrogen) atoms. The SMILES string of the molecule is CN=C(N)NCCCS(C)(=O)=O. The zero-order valence-electron chi connectivity index (χ0n) is 7.37. The second-order valence-corrected chi connectivity index (χ2v) is 4.78. The summed E-state index contributed by atoms with van der Waals surface area (Å²) >= 11 is 0. The van der Waals surface area contributed by atoms with Crippen molar-refractivity contribution in [1.29, 1.82) is 0 Å². The molecule has 0 radical (unpaired) electrons. The van der Waals surface area contributed by atoms with Crippen molar-refractivity contribution in [1.82, 2.24) is 5.32 Å². The van der Waals surface area contributed by atoms with Gasteiger partial charge < -0.3 is 11.1 Å². The summed E-state index contributed by atoms with van der Waals surface area (Å²) in [4.78, 5) is 3.66. The molecule has 0 saturated heterocycles. The van der Waals surface area contributed by atoms with Crippen LogP contribution in [-0.2, 0) is 9.84 Å². The fourth-order valence-electron chi connectivity index (χ4n) is 0.630. The zero-order chi connectivity index (χ0) is 9.61. The molecule has 0 aromatic rings. The van der Waals surface area contributed by atoms with Crippen molar-refractivity contribution >= 4 is 15.8 Å². The lowest BCUT2D eigenvalue weighted by atomic mass is 10.5. The maximum absolute atomic E-state index is 10.7. The van der Waals surface area contributed by atoms with Gasteiger partial charge in [0.15, 0.2) is 5.96 Å². The summed E-state index contributed by atoms with van der Waals surface area (Å²) in [5.74, 6) is 0.514. The first-order valence-electron chi connectivity index (χ1n) is 3.59. The molecule has 0 saturated carbocycles. The number of aliphatic imine (C=N–C) groups is 1. The van der Waals surface area contributed by atoms with Crippen LogP contribution in [0.1, 0.15) is 6.42 Å².